The van der Waals surface area contributed by atoms with E-state index in [1.165, 1.54) is 17.9 Å². The Morgan fingerprint density at radius 3 is 3.20 bits per heavy atom. The summed E-state index contributed by atoms with van der Waals surface area (Å²) >= 11 is 2.00. The minimum Gasteiger partial charge on any atom is -0.396 e. The lowest BCUT2D eigenvalue weighted by molar-refractivity contribution is 0.264. The molecular formula is C7H15NOS. The van der Waals surface area contributed by atoms with E-state index in [-0.39, 0.29) is 0 Å². The molecule has 0 amide bonds. The number of aliphatic hydroxyl groups excluding tert-OH is 1. The predicted octanol–water partition coefficient (Wildman–Crippen LogP) is 0.464. The fourth-order valence-corrected chi connectivity index (χ4v) is 2.08. The van der Waals surface area contributed by atoms with Crippen molar-refractivity contribution in [2.75, 3.05) is 24.7 Å². The standard InChI is InChI=1S/C7H15NOS/c9-4-1-7-2-5-10-6-3-8-7/h7-9H,1-6H2. The van der Waals surface area contributed by atoms with E-state index in [2.05, 4.69) is 5.32 Å². The smallest absolute Gasteiger partial charge is 0.0445 e. The van der Waals surface area contributed by atoms with Gasteiger partial charge in [-0.3, -0.25) is 0 Å². The fourth-order valence-electron chi connectivity index (χ4n) is 1.17. The van der Waals surface area contributed by atoms with Crippen molar-refractivity contribution in [2.24, 2.45) is 0 Å². The molecule has 3 heteroatoms. The molecule has 1 fully saturated rings. The Morgan fingerprint density at radius 2 is 2.40 bits per heavy atom. The van der Waals surface area contributed by atoms with Crippen LogP contribution in [0.3, 0.4) is 0 Å². The Hall–Kier alpha value is 0.270. The summed E-state index contributed by atoms with van der Waals surface area (Å²) in [5.41, 5.74) is 0. The van der Waals surface area contributed by atoms with Crippen LogP contribution in [0.25, 0.3) is 0 Å². The van der Waals surface area contributed by atoms with Gasteiger partial charge in [-0.25, -0.2) is 0 Å². The van der Waals surface area contributed by atoms with E-state index in [0.29, 0.717) is 12.6 Å². The number of hydrogen-bond acceptors (Lipinski definition) is 3. The summed E-state index contributed by atoms with van der Waals surface area (Å²) in [7, 11) is 0. The van der Waals surface area contributed by atoms with E-state index >= 15 is 0 Å². The highest BCUT2D eigenvalue weighted by Crippen LogP contribution is 2.10. The first-order chi connectivity index (χ1) is 4.93. The van der Waals surface area contributed by atoms with Crippen molar-refractivity contribution >= 4 is 11.8 Å². The molecule has 0 aromatic carbocycles. The normalized spacial score (nSPS) is 27.9. The summed E-state index contributed by atoms with van der Waals surface area (Å²) in [6, 6.07) is 0.569. The van der Waals surface area contributed by atoms with Gasteiger partial charge < -0.3 is 10.4 Å². The number of rotatable bonds is 2. The maximum Gasteiger partial charge on any atom is 0.0445 e. The summed E-state index contributed by atoms with van der Waals surface area (Å²) in [4.78, 5) is 0. The van der Waals surface area contributed by atoms with Gasteiger partial charge in [0, 0.05) is 24.9 Å². The molecule has 0 bridgehead atoms. The third kappa shape index (κ3) is 2.90. The highest BCUT2D eigenvalue weighted by Gasteiger charge is 2.09. The van der Waals surface area contributed by atoms with Gasteiger partial charge in [0.05, 0.1) is 0 Å². The maximum absolute atomic E-state index is 8.66. The third-order valence-electron chi connectivity index (χ3n) is 1.77. The first kappa shape index (κ1) is 8.37. The molecule has 1 aliphatic rings. The second-order valence-corrected chi connectivity index (χ2v) is 3.79. The van der Waals surface area contributed by atoms with Crippen molar-refractivity contribution in [1.29, 1.82) is 0 Å². The first-order valence-corrected chi connectivity index (χ1v) is 5.01. The average molecular weight is 161 g/mol. The maximum atomic E-state index is 8.66. The second-order valence-electron chi connectivity index (χ2n) is 2.56. The van der Waals surface area contributed by atoms with Gasteiger partial charge in [0.2, 0.25) is 0 Å². The number of aliphatic hydroxyl groups is 1. The summed E-state index contributed by atoms with van der Waals surface area (Å²) in [6.07, 6.45) is 2.13. The van der Waals surface area contributed by atoms with Gasteiger partial charge in [0.15, 0.2) is 0 Å². The zero-order valence-electron chi connectivity index (χ0n) is 6.18. The minimum atomic E-state index is 0.322. The molecule has 60 valence electrons. The van der Waals surface area contributed by atoms with Crippen molar-refractivity contribution in [2.45, 2.75) is 18.9 Å². The molecule has 0 spiro atoms. The van der Waals surface area contributed by atoms with Crippen molar-refractivity contribution < 1.29 is 5.11 Å². The molecule has 1 aliphatic heterocycles. The van der Waals surface area contributed by atoms with Crippen LogP contribution in [0, 0.1) is 0 Å². The minimum absolute atomic E-state index is 0.322. The molecule has 1 unspecified atom stereocenters. The van der Waals surface area contributed by atoms with Crippen LogP contribution < -0.4 is 5.32 Å². The number of hydrogen-bond donors (Lipinski definition) is 2. The summed E-state index contributed by atoms with van der Waals surface area (Å²) in [5.74, 6) is 2.47. The van der Waals surface area contributed by atoms with Gasteiger partial charge in [-0.2, -0.15) is 11.8 Å². The van der Waals surface area contributed by atoms with Crippen LogP contribution in [0.1, 0.15) is 12.8 Å². The zero-order chi connectivity index (χ0) is 7.23. The van der Waals surface area contributed by atoms with E-state index in [0.717, 1.165) is 13.0 Å². The van der Waals surface area contributed by atoms with Crippen molar-refractivity contribution in [3.63, 3.8) is 0 Å². The van der Waals surface area contributed by atoms with E-state index in [4.69, 9.17) is 5.11 Å². The van der Waals surface area contributed by atoms with E-state index in [1.807, 2.05) is 11.8 Å². The van der Waals surface area contributed by atoms with Crippen LogP contribution in [-0.4, -0.2) is 35.8 Å². The Morgan fingerprint density at radius 1 is 1.50 bits per heavy atom. The molecule has 2 N–H and O–H groups in total. The van der Waals surface area contributed by atoms with E-state index < -0.39 is 0 Å². The Bertz CT molecular complexity index is 81.7. The summed E-state index contributed by atoms with van der Waals surface area (Å²) in [5, 5.41) is 12.1. The average Bonchev–Trinajstić information content (AvgIpc) is 2.17. The molecule has 10 heavy (non-hydrogen) atoms. The quantitative estimate of drug-likeness (QED) is 0.617. The van der Waals surface area contributed by atoms with Gasteiger partial charge >= 0.3 is 0 Å². The van der Waals surface area contributed by atoms with Gasteiger partial charge in [-0.15, -0.1) is 0 Å². The molecule has 0 aromatic heterocycles. The fraction of sp³-hybridized carbons (Fsp3) is 1.00. The monoisotopic (exact) mass is 161 g/mol. The van der Waals surface area contributed by atoms with E-state index in [9.17, 15) is 0 Å². The van der Waals surface area contributed by atoms with Gasteiger partial charge in [-0.05, 0) is 18.6 Å². The number of nitrogens with one attached hydrogen (secondary N) is 1. The van der Waals surface area contributed by atoms with Crippen LogP contribution >= 0.6 is 11.8 Å². The molecular weight excluding hydrogens is 146 g/mol. The highest BCUT2D eigenvalue weighted by atomic mass is 32.2. The lowest BCUT2D eigenvalue weighted by atomic mass is 10.1. The second kappa shape index (κ2) is 4.99. The number of thioether (sulfide) groups is 1. The molecule has 0 saturated carbocycles. The van der Waals surface area contributed by atoms with Gasteiger partial charge in [0.25, 0.3) is 0 Å². The van der Waals surface area contributed by atoms with Crippen LogP contribution in [0.4, 0.5) is 0 Å². The lowest BCUT2D eigenvalue weighted by Crippen LogP contribution is -2.30. The van der Waals surface area contributed by atoms with Crippen LogP contribution in [0.5, 0.6) is 0 Å². The van der Waals surface area contributed by atoms with Crippen molar-refractivity contribution in [3.05, 3.63) is 0 Å². The topological polar surface area (TPSA) is 32.3 Å². The lowest BCUT2D eigenvalue weighted by Gasteiger charge is -2.12. The Labute approximate surface area is 66.4 Å². The SMILES string of the molecule is OCCC1CCSCCN1. The van der Waals surface area contributed by atoms with Crippen LogP contribution in [-0.2, 0) is 0 Å². The predicted molar refractivity (Wildman–Crippen MR) is 45.4 cm³/mol. The molecule has 1 atom stereocenters. The Balaban J connectivity index is 2.15. The summed E-state index contributed by atoms with van der Waals surface area (Å²) in [6.45, 7) is 1.43. The van der Waals surface area contributed by atoms with Crippen molar-refractivity contribution in [1.82, 2.24) is 5.32 Å². The molecule has 0 aromatic rings. The van der Waals surface area contributed by atoms with Gasteiger partial charge in [0.1, 0.15) is 0 Å². The Kier molecular flexibility index (Phi) is 4.18. The summed E-state index contributed by atoms with van der Waals surface area (Å²) < 4.78 is 0. The highest BCUT2D eigenvalue weighted by molar-refractivity contribution is 7.99. The molecule has 0 aliphatic carbocycles. The van der Waals surface area contributed by atoms with Crippen molar-refractivity contribution in [3.8, 4) is 0 Å². The molecule has 0 radical (unpaired) electrons. The molecule has 1 rings (SSSR count). The largest absolute Gasteiger partial charge is 0.396 e. The first-order valence-electron chi connectivity index (χ1n) is 3.85. The van der Waals surface area contributed by atoms with E-state index in [1.54, 1.807) is 0 Å². The molecule has 1 saturated heterocycles. The molecule has 1 heterocycles. The van der Waals surface area contributed by atoms with Gasteiger partial charge in [-0.1, -0.05) is 0 Å². The van der Waals surface area contributed by atoms with Crippen LogP contribution in [0.2, 0.25) is 0 Å². The zero-order valence-corrected chi connectivity index (χ0v) is 6.99. The van der Waals surface area contributed by atoms with Crippen LogP contribution in [0.15, 0.2) is 0 Å². The molecule has 2 nitrogen and oxygen atoms in total. The third-order valence-corrected chi connectivity index (χ3v) is 2.78.